The Bertz CT molecular complexity index is 1160. The third-order valence-electron chi connectivity index (χ3n) is 4.74. The van der Waals surface area contributed by atoms with Gasteiger partial charge in [-0.2, -0.15) is 0 Å². The summed E-state index contributed by atoms with van der Waals surface area (Å²) in [5, 5.41) is 3.85. The first-order valence-electron chi connectivity index (χ1n) is 9.71. The summed E-state index contributed by atoms with van der Waals surface area (Å²) in [6, 6.07) is 20.2. The van der Waals surface area contributed by atoms with Gasteiger partial charge in [-0.3, -0.25) is 4.79 Å². The Labute approximate surface area is 180 Å². The molecular weight excluding hydrogens is 394 g/mol. The first-order chi connectivity index (χ1) is 14.6. The zero-order valence-corrected chi connectivity index (χ0v) is 17.8. The van der Waals surface area contributed by atoms with Gasteiger partial charge in [0.2, 0.25) is 0 Å². The minimum absolute atomic E-state index is 0.218. The molecule has 0 spiro atoms. The van der Waals surface area contributed by atoms with E-state index in [1.165, 1.54) is 11.1 Å². The van der Waals surface area contributed by atoms with E-state index in [0.717, 1.165) is 22.0 Å². The molecule has 0 bridgehead atoms. The third kappa shape index (κ3) is 4.83. The van der Waals surface area contributed by atoms with Gasteiger partial charge in [0, 0.05) is 26.0 Å². The first kappa shape index (κ1) is 20.0. The number of furan rings is 1. The molecule has 4 aromatic rings. The number of carbonyl (C=O) groups is 1. The summed E-state index contributed by atoms with van der Waals surface area (Å²) in [5.41, 5.74) is 4.57. The molecule has 0 atom stereocenters. The molecule has 6 heteroatoms. The van der Waals surface area contributed by atoms with Gasteiger partial charge in [0.15, 0.2) is 10.9 Å². The van der Waals surface area contributed by atoms with E-state index in [2.05, 4.69) is 53.6 Å². The largest absolute Gasteiger partial charge is 0.455 e. The highest BCUT2D eigenvalue weighted by atomic mass is 32.2. The molecule has 152 valence electrons. The molecule has 0 saturated heterocycles. The number of benzene rings is 2. The Balaban J connectivity index is 1.35. The van der Waals surface area contributed by atoms with E-state index in [1.54, 1.807) is 24.0 Å². The van der Waals surface area contributed by atoms with Crippen LogP contribution in [0.15, 0.2) is 82.6 Å². The van der Waals surface area contributed by atoms with Crippen molar-refractivity contribution >= 4 is 17.7 Å². The SMILES string of the molecule is Cc1cccc(-c2cccc(CNC(=O)c3ccc(CSc4nccn4C)o3)c2)c1. The zero-order valence-electron chi connectivity index (χ0n) is 17.0. The Kier molecular flexibility index (Phi) is 6.05. The maximum absolute atomic E-state index is 12.5. The smallest absolute Gasteiger partial charge is 0.287 e. The summed E-state index contributed by atoms with van der Waals surface area (Å²) in [6.45, 7) is 2.52. The van der Waals surface area contributed by atoms with Crippen LogP contribution in [0.2, 0.25) is 0 Å². The number of thioether (sulfide) groups is 1. The van der Waals surface area contributed by atoms with E-state index in [-0.39, 0.29) is 5.91 Å². The molecule has 2 aromatic carbocycles. The molecular formula is C24H23N3O2S. The second kappa shape index (κ2) is 9.05. The number of aromatic nitrogens is 2. The fourth-order valence-electron chi connectivity index (χ4n) is 3.16. The predicted molar refractivity (Wildman–Crippen MR) is 119 cm³/mol. The molecule has 0 unspecified atom stereocenters. The number of rotatable bonds is 7. The summed E-state index contributed by atoms with van der Waals surface area (Å²) >= 11 is 1.57. The van der Waals surface area contributed by atoms with Crippen LogP contribution in [0, 0.1) is 6.92 Å². The number of carbonyl (C=O) groups excluding carboxylic acids is 1. The molecule has 0 aliphatic carbocycles. The molecule has 0 fully saturated rings. The van der Waals surface area contributed by atoms with Gasteiger partial charge in [0.25, 0.3) is 5.91 Å². The maximum Gasteiger partial charge on any atom is 0.287 e. The van der Waals surface area contributed by atoms with Crippen LogP contribution in [0.5, 0.6) is 0 Å². The van der Waals surface area contributed by atoms with Crippen molar-refractivity contribution in [2.24, 2.45) is 7.05 Å². The predicted octanol–water partition coefficient (Wildman–Crippen LogP) is 5.21. The molecule has 5 nitrogen and oxygen atoms in total. The van der Waals surface area contributed by atoms with Crippen molar-refractivity contribution in [1.29, 1.82) is 0 Å². The van der Waals surface area contributed by atoms with Crippen LogP contribution in [-0.4, -0.2) is 15.5 Å². The standard InChI is InChI=1S/C24H23N3O2S/c1-17-5-3-7-19(13-17)20-8-4-6-18(14-20)15-26-23(28)22-10-9-21(29-22)16-30-24-25-11-12-27(24)2/h3-14H,15-16H2,1-2H3,(H,26,28). The summed E-state index contributed by atoms with van der Waals surface area (Å²) in [4.78, 5) is 16.8. The van der Waals surface area contributed by atoms with E-state index in [1.807, 2.05) is 36.0 Å². The normalized spacial score (nSPS) is 10.9. The van der Waals surface area contributed by atoms with Crippen molar-refractivity contribution in [3.05, 3.63) is 95.7 Å². The highest BCUT2D eigenvalue weighted by molar-refractivity contribution is 7.98. The quantitative estimate of drug-likeness (QED) is 0.419. The lowest BCUT2D eigenvalue weighted by Gasteiger charge is -2.07. The van der Waals surface area contributed by atoms with Gasteiger partial charge in [0.1, 0.15) is 5.76 Å². The van der Waals surface area contributed by atoms with Crippen LogP contribution < -0.4 is 5.32 Å². The van der Waals surface area contributed by atoms with Gasteiger partial charge >= 0.3 is 0 Å². The number of hydrogen-bond donors (Lipinski definition) is 1. The molecule has 2 heterocycles. The minimum Gasteiger partial charge on any atom is -0.455 e. The van der Waals surface area contributed by atoms with Gasteiger partial charge < -0.3 is 14.3 Å². The Hall–Kier alpha value is -3.25. The molecule has 4 rings (SSSR count). The van der Waals surface area contributed by atoms with Gasteiger partial charge in [-0.05, 0) is 41.8 Å². The van der Waals surface area contributed by atoms with E-state index < -0.39 is 0 Å². The van der Waals surface area contributed by atoms with E-state index in [9.17, 15) is 4.79 Å². The summed E-state index contributed by atoms with van der Waals surface area (Å²) in [5.74, 6) is 1.47. The molecule has 30 heavy (non-hydrogen) atoms. The Morgan fingerprint density at radius 1 is 1.10 bits per heavy atom. The molecule has 0 aliphatic rings. The number of hydrogen-bond acceptors (Lipinski definition) is 4. The molecule has 0 saturated carbocycles. The second-order valence-corrected chi connectivity index (χ2v) is 8.07. The maximum atomic E-state index is 12.5. The zero-order chi connectivity index (χ0) is 20.9. The van der Waals surface area contributed by atoms with Crippen LogP contribution in [-0.2, 0) is 19.3 Å². The Morgan fingerprint density at radius 3 is 2.67 bits per heavy atom. The fourth-order valence-corrected chi connectivity index (χ4v) is 3.99. The van der Waals surface area contributed by atoms with E-state index in [4.69, 9.17) is 4.42 Å². The lowest BCUT2D eigenvalue weighted by molar-refractivity contribution is 0.0921. The second-order valence-electron chi connectivity index (χ2n) is 7.13. The van der Waals surface area contributed by atoms with Crippen molar-refractivity contribution in [1.82, 2.24) is 14.9 Å². The van der Waals surface area contributed by atoms with Crippen LogP contribution in [0.4, 0.5) is 0 Å². The number of nitrogens with zero attached hydrogens (tertiary/aromatic N) is 2. The molecule has 1 amide bonds. The monoisotopic (exact) mass is 417 g/mol. The van der Waals surface area contributed by atoms with Crippen LogP contribution in [0.25, 0.3) is 11.1 Å². The van der Waals surface area contributed by atoms with Gasteiger partial charge in [-0.15, -0.1) is 0 Å². The van der Waals surface area contributed by atoms with Crippen LogP contribution in [0.1, 0.15) is 27.4 Å². The average Bonchev–Trinajstić information content (AvgIpc) is 3.39. The van der Waals surface area contributed by atoms with Crippen LogP contribution >= 0.6 is 11.8 Å². The Morgan fingerprint density at radius 2 is 1.90 bits per heavy atom. The van der Waals surface area contributed by atoms with Crippen molar-refractivity contribution in [3.63, 3.8) is 0 Å². The number of amides is 1. The molecule has 1 N–H and O–H groups in total. The van der Waals surface area contributed by atoms with Gasteiger partial charge in [0.05, 0.1) is 5.75 Å². The lowest BCUT2D eigenvalue weighted by Crippen LogP contribution is -2.22. The molecule has 0 aliphatic heterocycles. The van der Waals surface area contributed by atoms with Crippen molar-refractivity contribution in [2.75, 3.05) is 0 Å². The van der Waals surface area contributed by atoms with Gasteiger partial charge in [-0.1, -0.05) is 59.8 Å². The fraction of sp³-hybridized carbons (Fsp3) is 0.167. The van der Waals surface area contributed by atoms with Crippen LogP contribution in [0.3, 0.4) is 0 Å². The number of nitrogens with one attached hydrogen (secondary N) is 1. The number of aryl methyl sites for hydroxylation is 2. The first-order valence-corrected chi connectivity index (χ1v) is 10.7. The highest BCUT2D eigenvalue weighted by Gasteiger charge is 2.12. The lowest BCUT2D eigenvalue weighted by atomic mass is 10.0. The van der Waals surface area contributed by atoms with E-state index in [0.29, 0.717) is 18.1 Å². The average molecular weight is 418 g/mol. The van der Waals surface area contributed by atoms with Crippen molar-refractivity contribution in [2.45, 2.75) is 24.4 Å². The van der Waals surface area contributed by atoms with E-state index >= 15 is 0 Å². The van der Waals surface area contributed by atoms with Gasteiger partial charge in [-0.25, -0.2) is 4.98 Å². The highest BCUT2D eigenvalue weighted by Crippen LogP contribution is 2.23. The molecule has 0 radical (unpaired) electrons. The number of imidazole rings is 1. The summed E-state index contributed by atoms with van der Waals surface area (Å²) < 4.78 is 7.66. The van der Waals surface area contributed by atoms with Crippen molar-refractivity contribution in [3.8, 4) is 11.1 Å². The summed E-state index contributed by atoms with van der Waals surface area (Å²) in [7, 11) is 1.95. The third-order valence-corrected chi connectivity index (χ3v) is 5.82. The topological polar surface area (TPSA) is 60.1 Å². The minimum atomic E-state index is -0.218. The summed E-state index contributed by atoms with van der Waals surface area (Å²) in [6.07, 6.45) is 3.66. The molecule has 2 aromatic heterocycles. The van der Waals surface area contributed by atoms with Crippen molar-refractivity contribution < 1.29 is 9.21 Å².